The number of carbonyl (C=O) groups is 1. The molecule has 0 unspecified atom stereocenters. The standard InChI is InChI=1S/C20H17F2N3O/c21-15-5-3-4-13(10-15)19-17(11-23-24-19)20(26)25-9-8-14(12-25)16-6-1-2-7-18(16)22/h1-7,10-11,14H,8-9,12H2,(H,23,24)/t14-/m1/s1. The maximum absolute atomic E-state index is 14.0. The lowest BCUT2D eigenvalue weighted by molar-refractivity contribution is 0.0791. The van der Waals surface area contributed by atoms with E-state index in [-0.39, 0.29) is 23.5 Å². The first-order valence-corrected chi connectivity index (χ1v) is 8.46. The number of halogens is 2. The van der Waals surface area contributed by atoms with E-state index >= 15 is 0 Å². The topological polar surface area (TPSA) is 49.0 Å². The number of aromatic nitrogens is 2. The van der Waals surface area contributed by atoms with Crippen LogP contribution < -0.4 is 0 Å². The Hall–Kier alpha value is -3.02. The highest BCUT2D eigenvalue weighted by atomic mass is 19.1. The van der Waals surface area contributed by atoms with E-state index < -0.39 is 0 Å². The Balaban J connectivity index is 1.57. The van der Waals surface area contributed by atoms with Crippen LogP contribution in [-0.2, 0) is 0 Å². The molecule has 1 aromatic heterocycles. The molecule has 1 aliphatic heterocycles. The second-order valence-electron chi connectivity index (χ2n) is 6.43. The summed E-state index contributed by atoms with van der Waals surface area (Å²) in [7, 11) is 0. The molecule has 1 N–H and O–H groups in total. The van der Waals surface area contributed by atoms with Gasteiger partial charge < -0.3 is 4.90 Å². The van der Waals surface area contributed by atoms with Gasteiger partial charge in [0.2, 0.25) is 0 Å². The van der Waals surface area contributed by atoms with Crippen molar-refractivity contribution < 1.29 is 13.6 Å². The van der Waals surface area contributed by atoms with Crippen LogP contribution in [0.2, 0.25) is 0 Å². The summed E-state index contributed by atoms with van der Waals surface area (Å²) in [6.45, 7) is 0.999. The van der Waals surface area contributed by atoms with Crippen molar-refractivity contribution in [2.24, 2.45) is 0 Å². The summed E-state index contributed by atoms with van der Waals surface area (Å²) in [6, 6.07) is 12.7. The number of carbonyl (C=O) groups excluding carboxylic acids is 1. The molecule has 0 bridgehead atoms. The Morgan fingerprint density at radius 1 is 1.15 bits per heavy atom. The minimum atomic E-state index is -0.378. The molecule has 26 heavy (non-hydrogen) atoms. The number of nitrogens with zero attached hydrogens (tertiary/aromatic N) is 2. The third-order valence-corrected chi connectivity index (χ3v) is 4.80. The zero-order chi connectivity index (χ0) is 18.1. The highest BCUT2D eigenvalue weighted by molar-refractivity contribution is 5.99. The number of benzene rings is 2. The number of nitrogens with one attached hydrogen (secondary N) is 1. The van der Waals surface area contributed by atoms with Gasteiger partial charge in [0.1, 0.15) is 11.6 Å². The Bertz CT molecular complexity index is 953. The average molecular weight is 353 g/mol. The molecule has 1 amide bonds. The number of rotatable bonds is 3. The molecule has 1 aliphatic rings. The molecule has 0 radical (unpaired) electrons. The second kappa shape index (κ2) is 6.71. The number of aromatic amines is 1. The Morgan fingerprint density at radius 3 is 2.81 bits per heavy atom. The summed E-state index contributed by atoms with van der Waals surface area (Å²) in [6.07, 6.45) is 2.17. The van der Waals surface area contributed by atoms with Crippen LogP contribution in [0.1, 0.15) is 28.3 Å². The summed E-state index contributed by atoms with van der Waals surface area (Å²) in [4.78, 5) is 14.6. The van der Waals surface area contributed by atoms with Crippen molar-refractivity contribution in [3.05, 3.63) is 77.5 Å². The van der Waals surface area contributed by atoms with Crippen LogP contribution in [0.3, 0.4) is 0 Å². The van der Waals surface area contributed by atoms with Gasteiger partial charge in [0.15, 0.2) is 0 Å². The summed E-state index contributed by atoms with van der Waals surface area (Å²) in [5.41, 5.74) is 2.09. The highest BCUT2D eigenvalue weighted by Gasteiger charge is 2.31. The molecule has 3 aromatic rings. The van der Waals surface area contributed by atoms with Crippen LogP contribution in [0.5, 0.6) is 0 Å². The van der Waals surface area contributed by atoms with Crippen LogP contribution in [0, 0.1) is 11.6 Å². The quantitative estimate of drug-likeness (QED) is 0.774. The molecule has 1 fully saturated rings. The van der Waals surface area contributed by atoms with E-state index in [0.29, 0.717) is 41.9 Å². The van der Waals surface area contributed by atoms with Gasteiger partial charge in [-0.1, -0.05) is 30.3 Å². The Labute approximate surface area is 149 Å². The molecule has 0 aliphatic carbocycles. The fourth-order valence-electron chi connectivity index (χ4n) is 3.49. The predicted octanol–water partition coefficient (Wildman–Crippen LogP) is 3.98. The van der Waals surface area contributed by atoms with Gasteiger partial charge in [-0.05, 0) is 30.2 Å². The molecular formula is C20H17F2N3O. The van der Waals surface area contributed by atoms with Crippen LogP contribution in [-0.4, -0.2) is 34.1 Å². The molecule has 1 atom stereocenters. The van der Waals surface area contributed by atoms with Crippen molar-refractivity contribution in [3.63, 3.8) is 0 Å². The van der Waals surface area contributed by atoms with E-state index in [1.54, 1.807) is 35.2 Å². The van der Waals surface area contributed by atoms with Gasteiger partial charge in [-0.2, -0.15) is 5.10 Å². The maximum Gasteiger partial charge on any atom is 0.257 e. The lowest BCUT2D eigenvalue weighted by Gasteiger charge is -2.17. The smallest absolute Gasteiger partial charge is 0.257 e. The molecular weight excluding hydrogens is 336 g/mol. The van der Waals surface area contributed by atoms with Crippen LogP contribution in [0.15, 0.2) is 54.7 Å². The van der Waals surface area contributed by atoms with E-state index in [9.17, 15) is 13.6 Å². The Kier molecular flexibility index (Phi) is 4.24. The van der Waals surface area contributed by atoms with E-state index in [0.717, 1.165) is 0 Å². The largest absolute Gasteiger partial charge is 0.338 e. The zero-order valence-corrected chi connectivity index (χ0v) is 14.0. The Morgan fingerprint density at radius 2 is 2.00 bits per heavy atom. The van der Waals surface area contributed by atoms with Crippen molar-refractivity contribution in [2.75, 3.05) is 13.1 Å². The fraction of sp³-hybridized carbons (Fsp3) is 0.200. The minimum Gasteiger partial charge on any atom is -0.338 e. The van der Waals surface area contributed by atoms with E-state index in [4.69, 9.17) is 0 Å². The number of hydrogen-bond donors (Lipinski definition) is 1. The van der Waals surface area contributed by atoms with Gasteiger partial charge in [0.25, 0.3) is 5.91 Å². The van der Waals surface area contributed by atoms with Gasteiger partial charge in [-0.3, -0.25) is 9.89 Å². The number of hydrogen-bond acceptors (Lipinski definition) is 2. The van der Waals surface area contributed by atoms with Crippen molar-refractivity contribution >= 4 is 5.91 Å². The normalized spacial score (nSPS) is 16.8. The molecule has 2 aromatic carbocycles. The molecule has 6 heteroatoms. The van der Waals surface area contributed by atoms with E-state index in [2.05, 4.69) is 10.2 Å². The van der Waals surface area contributed by atoms with Crippen molar-refractivity contribution in [3.8, 4) is 11.3 Å². The third-order valence-electron chi connectivity index (χ3n) is 4.80. The van der Waals surface area contributed by atoms with Crippen LogP contribution in [0.25, 0.3) is 11.3 Å². The van der Waals surface area contributed by atoms with Crippen LogP contribution >= 0.6 is 0 Å². The highest BCUT2D eigenvalue weighted by Crippen LogP contribution is 2.31. The number of likely N-dealkylation sites (tertiary alicyclic amines) is 1. The number of H-pyrrole nitrogens is 1. The first-order chi connectivity index (χ1) is 12.6. The molecule has 4 nitrogen and oxygen atoms in total. The first-order valence-electron chi connectivity index (χ1n) is 8.46. The molecule has 1 saturated heterocycles. The number of amides is 1. The molecule has 132 valence electrons. The van der Waals surface area contributed by atoms with Gasteiger partial charge >= 0.3 is 0 Å². The summed E-state index contributed by atoms with van der Waals surface area (Å²) < 4.78 is 27.5. The summed E-state index contributed by atoms with van der Waals surface area (Å²) in [5, 5.41) is 6.74. The maximum atomic E-state index is 14.0. The fourth-order valence-corrected chi connectivity index (χ4v) is 3.49. The SMILES string of the molecule is O=C(c1cn[nH]c1-c1cccc(F)c1)N1CC[C@@H](c2ccccc2F)C1. The zero-order valence-electron chi connectivity index (χ0n) is 14.0. The lowest BCUT2D eigenvalue weighted by atomic mass is 9.98. The first kappa shape index (κ1) is 16.4. The summed E-state index contributed by atoms with van der Waals surface area (Å²) >= 11 is 0. The van der Waals surface area contributed by atoms with Crippen LogP contribution in [0.4, 0.5) is 8.78 Å². The van der Waals surface area contributed by atoms with Gasteiger partial charge in [0.05, 0.1) is 17.5 Å². The third kappa shape index (κ3) is 2.98. The lowest BCUT2D eigenvalue weighted by Crippen LogP contribution is -2.28. The van der Waals surface area contributed by atoms with Gasteiger partial charge in [0, 0.05) is 24.6 Å². The van der Waals surface area contributed by atoms with E-state index in [1.807, 2.05) is 0 Å². The van der Waals surface area contributed by atoms with Crippen molar-refractivity contribution in [1.29, 1.82) is 0 Å². The average Bonchev–Trinajstić information content (AvgIpc) is 3.31. The summed E-state index contributed by atoms with van der Waals surface area (Å²) in [5.74, 6) is -0.826. The molecule has 0 saturated carbocycles. The van der Waals surface area contributed by atoms with Gasteiger partial charge in [-0.15, -0.1) is 0 Å². The second-order valence-corrected chi connectivity index (χ2v) is 6.43. The molecule has 4 rings (SSSR count). The van der Waals surface area contributed by atoms with Crippen molar-refractivity contribution in [1.82, 2.24) is 15.1 Å². The van der Waals surface area contributed by atoms with Gasteiger partial charge in [-0.25, -0.2) is 8.78 Å². The van der Waals surface area contributed by atoms with Crippen molar-refractivity contribution in [2.45, 2.75) is 12.3 Å². The molecule has 0 spiro atoms. The minimum absolute atomic E-state index is 0.0235. The van der Waals surface area contributed by atoms with E-state index in [1.165, 1.54) is 24.4 Å². The molecule has 2 heterocycles. The predicted molar refractivity (Wildman–Crippen MR) is 93.6 cm³/mol. The monoisotopic (exact) mass is 353 g/mol.